The molecule has 178 valence electrons. The van der Waals surface area contributed by atoms with E-state index in [-0.39, 0.29) is 24.1 Å². The summed E-state index contributed by atoms with van der Waals surface area (Å²) in [6, 6.07) is 17.4. The van der Waals surface area contributed by atoms with E-state index in [1.807, 2.05) is 24.2 Å². The molecule has 1 fully saturated rings. The maximum Gasteiger partial charge on any atom is 0.410 e. The van der Waals surface area contributed by atoms with Crippen LogP contribution < -0.4 is 4.74 Å². The van der Waals surface area contributed by atoms with Crippen molar-refractivity contribution in [3.63, 3.8) is 0 Å². The second-order valence-corrected chi connectivity index (χ2v) is 9.45. The molecule has 2 aliphatic heterocycles. The average molecular weight is 468 g/mol. The van der Waals surface area contributed by atoms with Gasteiger partial charge in [0.15, 0.2) is 0 Å². The van der Waals surface area contributed by atoms with Crippen LogP contribution in [0.3, 0.4) is 0 Å². The molecule has 6 heteroatoms. The molecule has 1 amide bonds. The summed E-state index contributed by atoms with van der Waals surface area (Å²) < 4.78 is 11.4. The molecule has 35 heavy (non-hydrogen) atoms. The molecular weight excluding hydrogens is 438 g/mol. The van der Waals surface area contributed by atoms with Crippen LogP contribution in [-0.2, 0) is 4.74 Å². The minimum absolute atomic E-state index is 0.0414. The van der Waals surface area contributed by atoms with Gasteiger partial charge in [0.1, 0.15) is 6.61 Å². The fraction of sp³-hybridized carbons (Fsp3) is 0.345. The number of carbonyl (C=O) groups excluding carboxylic acids is 1. The zero-order valence-electron chi connectivity index (χ0n) is 19.9. The van der Waals surface area contributed by atoms with Crippen molar-refractivity contribution in [1.29, 1.82) is 0 Å². The maximum absolute atomic E-state index is 13.4. The van der Waals surface area contributed by atoms with Crippen LogP contribution in [0.5, 0.6) is 6.01 Å². The normalized spacial score (nSPS) is 20.6. The lowest BCUT2D eigenvalue weighted by molar-refractivity contribution is 0.0539. The van der Waals surface area contributed by atoms with E-state index >= 15 is 0 Å². The number of carbonyl (C=O) groups is 1. The number of piperidine rings is 1. The van der Waals surface area contributed by atoms with Crippen molar-refractivity contribution in [2.45, 2.75) is 50.6 Å². The molecule has 0 radical (unpaired) electrons. The SMILES string of the molecule is CCOc1ncc(C2=CC3CCCC(C2)N3C(=O)OCC2c3ccccc3-c3ccccc32)cn1. The van der Waals surface area contributed by atoms with Gasteiger partial charge in [-0.15, -0.1) is 0 Å². The molecule has 0 spiro atoms. The Balaban J connectivity index is 1.19. The van der Waals surface area contributed by atoms with Gasteiger partial charge in [0.05, 0.1) is 12.6 Å². The first kappa shape index (κ1) is 21.8. The average Bonchev–Trinajstić information content (AvgIpc) is 3.21. The Hall–Kier alpha value is -3.67. The fourth-order valence-electron chi connectivity index (χ4n) is 5.88. The largest absolute Gasteiger partial charge is 0.464 e. The lowest BCUT2D eigenvalue weighted by Gasteiger charge is -2.44. The van der Waals surface area contributed by atoms with Crippen LogP contribution in [0.1, 0.15) is 55.2 Å². The summed E-state index contributed by atoms with van der Waals surface area (Å²) in [5, 5.41) is 0. The Labute approximate surface area is 205 Å². The van der Waals surface area contributed by atoms with Crippen LogP contribution in [0.2, 0.25) is 0 Å². The van der Waals surface area contributed by atoms with E-state index in [0.717, 1.165) is 31.2 Å². The van der Waals surface area contributed by atoms with Crippen molar-refractivity contribution >= 4 is 11.7 Å². The minimum Gasteiger partial charge on any atom is -0.464 e. The van der Waals surface area contributed by atoms with Gasteiger partial charge in [-0.05, 0) is 60.4 Å². The number of ether oxygens (including phenoxy) is 2. The fourth-order valence-corrected chi connectivity index (χ4v) is 5.88. The third-order valence-corrected chi connectivity index (χ3v) is 7.46. The second kappa shape index (κ2) is 9.17. The molecule has 6 nitrogen and oxygen atoms in total. The zero-order chi connectivity index (χ0) is 23.8. The molecule has 2 unspecified atom stereocenters. The summed E-state index contributed by atoms with van der Waals surface area (Å²) in [7, 11) is 0. The van der Waals surface area contributed by atoms with Crippen molar-refractivity contribution in [2.75, 3.05) is 13.2 Å². The third kappa shape index (κ3) is 3.97. The molecule has 1 aromatic heterocycles. The molecule has 3 aromatic rings. The van der Waals surface area contributed by atoms with Crippen LogP contribution in [0, 0.1) is 0 Å². The highest BCUT2D eigenvalue weighted by Crippen LogP contribution is 2.45. The molecule has 3 aliphatic rings. The van der Waals surface area contributed by atoms with Gasteiger partial charge in [0.2, 0.25) is 0 Å². The number of nitrogens with zero attached hydrogens (tertiary/aromatic N) is 3. The number of hydrogen-bond donors (Lipinski definition) is 0. The molecule has 0 saturated carbocycles. The van der Waals surface area contributed by atoms with E-state index in [0.29, 0.717) is 19.2 Å². The summed E-state index contributed by atoms with van der Waals surface area (Å²) in [5.74, 6) is 0.0723. The number of amides is 1. The maximum atomic E-state index is 13.4. The van der Waals surface area contributed by atoms with E-state index in [1.165, 1.54) is 27.8 Å². The molecule has 3 heterocycles. The lowest BCUT2D eigenvalue weighted by Crippen LogP contribution is -2.51. The monoisotopic (exact) mass is 467 g/mol. The van der Waals surface area contributed by atoms with Gasteiger partial charge in [-0.3, -0.25) is 4.90 Å². The van der Waals surface area contributed by atoms with Gasteiger partial charge in [0, 0.05) is 29.9 Å². The van der Waals surface area contributed by atoms with Crippen molar-refractivity contribution in [2.24, 2.45) is 0 Å². The number of benzene rings is 2. The minimum atomic E-state index is -0.209. The summed E-state index contributed by atoms with van der Waals surface area (Å²) in [6.07, 6.45) is 9.48. The first-order valence-corrected chi connectivity index (χ1v) is 12.5. The highest BCUT2D eigenvalue weighted by Gasteiger charge is 2.39. The van der Waals surface area contributed by atoms with E-state index < -0.39 is 0 Å². The molecular formula is C29H29N3O3. The predicted molar refractivity (Wildman–Crippen MR) is 134 cm³/mol. The van der Waals surface area contributed by atoms with Crippen molar-refractivity contribution < 1.29 is 14.3 Å². The molecule has 2 atom stereocenters. The topological polar surface area (TPSA) is 64.5 Å². The van der Waals surface area contributed by atoms with Crippen LogP contribution in [0.25, 0.3) is 16.7 Å². The van der Waals surface area contributed by atoms with Crippen LogP contribution in [0.15, 0.2) is 67.0 Å². The molecule has 6 rings (SSSR count). The van der Waals surface area contributed by atoms with E-state index in [9.17, 15) is 4.79 Å². The number of hydrogen-bond acceptors (Lipinski definition) is 5. The quantitative estimate of drug-likeness (QED) is 0.472. The highest BCUT2D eigenvalue weighted by molar-refractivity contribution is 5.79. The summed E-state index contributed by atoms with van der Waals surface area (Å²) >= 11 is 0. The summed E-state index contributed by atoms with van der Waals surface area (Å²) in [4.78, 5) is 24.0. The molecule has 2 bridgehead atoms. The Morgan fingerprint density at radius 3 is 2.34 bits per heavy atom. The smallest absolute Gasteiger partial charge is 0.410 e. The van der Waals surface area contributed by atoms with E-state index in [2.05, 4.69) is 64.6 Å². The van der Waals surface area contributed by atoms with Gasteiger partial charge < -0.3 is 9.47 Å². The Morgan fingerprint density at radius 1 is 1.00 bits per heavy atom. The third-order valence-electron chi connectivity index (χ3n) is 7.46. The Kier molecular flexibility index (Phi) is 5.72. The van der Waals surface area contributed by atoms with Gasteiger partial charge in [-0.2, -0.15) is 0 Å². The van der Waals surface area contributed by atoms with Gasteiger partial charge in [-0.1, -0.05) is 54.6 Å². The van der Waals surface area contributed by atoms with Crippen molar-refractivity contribution in [1.82, 2.24) is 14.9 Å². The number of fused-ring (bicyclic) bond motifs is 5. The van der Waals surface area contributed by atoms with Crippen LogP contribution >= 0.6 is 0 Å². The number of rotatable bonds is 5. The second-order valence-electron chi connectivity index (χ2n) is 9.45. The van der Waals surface area contributed by atoms with Gasteiger partial charge in [0.25, 0.3) is 0 Å². The molecule has 2 aromatic carbocycles. The van der Waals surface area contributed by atoms with Crippen molar-refractivity contribution in [3.05, 3.63) is 83.7 Å². The molecule has 1 saturated heterocycles. The summed E-state index contributed by atoms with van der Waals surface area (Å²) in [5.41, 5.74) is 7.15. The Morgan fingerprint density at radius 2 is 1.69 bits per heavy atom. The number of aromatic nitrogens is 2. The van der Waals surface area contributed by atoms with Crippen LogP contribution in [0.4, 0.5) is 4.79 Å². The lowest BCUT2D eigenvalue weighted by atomic mass is 9.83. The van der Waals surface area contributed by atoms with Gasteiger partial charge in [-0.25, -0.2) is 14.8 Å². The van der Waals surface area contributed by atoms with E-state index in [4.69, 9.17) is 9.47 Å². The molecule has 1 aliphatic carbocycles. The standard InChI is InChI=1S/C29H29N3O3/c1-2-34-28-30-16-20(17-31-28)19-14-21-8-7-9-22(15-19)32(21)29(33)35-18-27-25-12-5-3-10-23(25)24-11-4-6-13-26(24)27/h3-6,10-14,16-17,21-22,27H,2,7-9,15,18H2,1H3. The summed E-state index contributed by atoms with van der Waals surface area (Å²) in [6.45, 7) is 2.81. The van der Waals surface area contributed by atoms with Crippen molar-refractivity contribution in [3.8, 4) is 17.1 Å². The van der Waals surface area contributed by atoms with E-state index in [1.54, 1.807) is 0 Å². The first-order chi connectivity index (χ1) is 17.2. The highest BCUT2D eigenvalue weighted by atomic mass is 16.6. The van der Waals surface area contributed by atoms with Crippen LogP contribution in [-0.4, -0.2) is 46.3 Å². The van der Waals surface area contributed by atoms with Gasteiger partial charge >= 0.3 is 12.1 Å². The predicted octanol–water partition coefficient (Wildman–Crippen LogP) is 5.83. The Bertz CT molecular complexity index is 1220. The first-order valence-electron chi connectivity index (χ1n) is 12.5. The molecule has 0 N–H and O–H groups in total. The zero-order valence-corrected chi connectivity index (χ0v) is 19.9.